The minimum absolute atomic E-state index is 0.130. The number of hydrogen-bond donors (Lipinski definition) is 1. The molecule has 0 fully saturated rings. The second-order valence-electron chi connectivity index (χ2n) is 5.43. The van der Waals surface area contributed by atoms with Crippen molar-refractivity contribution in [1.82, 2.24) is 5.32 Å². The van der Waals surface area contributed by atoms with Gasteiger partial charge in [-0.25, -0.2) is 0 Å². The largest absolute Gasteiger partial charge is 0.398 e. The van der Waals surface area contributed by atoms with Gasteiger partial charge in [0.15, 0.2) is 5.71 Å². The molecule has 2 aromatic rings. The number of carbonyl (C=O) groups excluding carboxylic acids is 1. The Balaban J connectivity index is 2.23. The van der Waals surface area contributed by atoms with Gasteiger partial charge in [0.05, 0.1) is 5.71 Å². The van der Waals surface area contributed by atoms with Crippen LogP contribution in [-0.4, -0.2) is 31.5 Å². The summed E-state index contributed by atoms with van der Waals surface area (Å²) >= 11 is 12.2. The normalized spacial score (nSPS) is 11.9. The van der Waals surface area contributed by atoms with Gasteiger partial charge in [0.2, 0.25) is 0 Å². The summed E-state index contributed by atoms with van der Waals surface area (Å²) in [5, 5.41) is 11.5. The first-order valence-corrected chi connectivity index (χ1v) is 8.77. The third-order valence-electron chi connectivity index (χ3n) is 3.64. The molecule has 8 heteroatoms. The molecule has 0 saturated carbocycles. The summed E-state index contributed by atoms with van der Waals surface area (Å²) in [6, 6.07) is 12.3. The van der Waals surface area contributed by atoms with Crippen molar-refractivity contribution in [2.45, 2.75) is 13.5 Å². The third-order valence-corrected chi connectivity index (χ3v) is 4.20. The summed E-state index contributed by atoms with van der Waals surface area (Å²) < 4.78 is 0. The minimum atomic E-state index is -0.366. The van der Waals surface area contributed by atoms with Crippen molar-refractivity contribution in [2.75, 3.05) is 14.2 Å². The van der Waals surface area contributed by atoms with E-state index in [0.717, 1.165) is 5.56 Å². The predicted molar refractivity (Wildman–Crippen MR) is 108 cm³/mol. The van der Waals surface area contributed by atoms with Gasteiger partial charge in [-0.2, -0.15) is 0 Å². The number of halogens is 2. The predicted octanol–water partition coefficient (Wildman–Crippen LogP) is 4.03. The summed E-state index contributed by atoms with van der Waals surface area (Å²) in [5.41, 5.74) is 2.73. The monoisotopic (exact) mass is 407 g/mol. The molecule has 142 valence electrons. The van der Waals surface area contributed by atoms with Gasteiger partial charge in [-0.05, 0) is 25.1 Å². The van der Waals surface area contributed by atoms with Crippen LogP contribution >= 0.6 is 23.2 Å². The molecule has 0 aromatic heterocycles. The van der Waals surface area contributed by atoms with Crippen molar-refractivity contribution < 1.29 is 14.5 Å². The Morgan fingerprint density at radius 3 is 2.56 bits per heavy atom. The zero-order chi connectivity index (χ0) is 19.8. The number of nitrogens with one attached hydrogen (secondary N) is 1. The molecular weight excluding hydrogens is 389 g/mol. The van der Waals surface area contributed by atoms with Gasteiger partial charge in [-0.15, -0.1) is 0 Å². The van der Waals surface area contributed by atoms with Crippen molar-refractivity contribution in [3.05, 3.63) is 69.2 Å². The van der Waals surface area contributed by atoms with E-state index in [2.05, 4.69) is 15.6 Å². The van der Waals surface area contributed by atoms with Crippen LogP contribution in [0, 0.1) is 0 Å². The number of benzene rings is 2. The van der Waals surface area contributed by atoms with Crippen molar-refractivity contribution >= 4 is 40.5 Å². The van der Waals surface area contributed by atoms with E-state index in [1.165, 1.54) is 14.2 Å². The van der Waals surface area contributed by atoms with Crippen molar-refractivity contribution in [2.24, 2.45) is 10.3 Å². The van der Waals surface area contributed by atoms with Gasteiger partial charge in [0, 0.05) is 33.8 Å². The molecule has 1 N–H and O–H groups in total. The second-order valence-corrected chi connectivity index (χ2v) is 6.28. The summed E-state index contributed by atoms with van der Waals surface area (Å²) in [7, 11) is 2.90. The highest BCUT2D eigenvalue weighted by Gasteiger charge is 2.17. The topological polar surface area (TPSA) is 72.3 Å². The Morgan fingerprint density at radius 2 is 1.85 bits per heavy atom. The molecule has 0 saturated heterocycles. The molecule has 27 heavy (non-hydrogen) atoms. The number of rotatable bonds is 7. The quantitative estimate of drug-likeness (QED) is 0.556. The van der Waals surface area contributed by atoms with Crippen molar-refractivity contribution in [3.63, 3.8) is 0 Å². The van der Waals surface area contributed by atoms with Crippen LogP contribution < -0.4 is 5.32 Å². The highest BCUT2D eigenvalue weighted by Crippen LogP contribution is 2.21. The Kier molecular flexibility index (Phi) is 7.64. The molecule has 0 unspecified atom stereocenters. The molecular formula is C19H19Cl2N3O3. The maximum atomic E-state index is 12.1. The number of oxime groups is 2. The average Bonchev–Trinajstić information content (AvgIpc) is 2.67. The lowest BCUT2D eigenvalue weighted by molar-refractivity contribution is -0.114. The van der Waals surface area contributed by atoms with E-state index in [-0.39, 0.29) is 18.2 Å². The lowest BCUT2D eigenvalue weighted by Gasteiger charge is -2.10. The van der Waals surface area contributed by atoms with E-state index >= 15 is 0 Å². The van der Waals surface area contributed by atoms with Crippen molar-refractivity contribution in [1.29, 1.82) is 0 Å². The summed E-state index contributed by atoms with van der Waals surface area (Å²) in [5.74, 6) is -0.366. The van der Waals surface area contributed by atoms with Crippen LogP contribution in [0.2, 0.25) is 10.0 Å². The first-order chi connectivity index (χ1) is 13.0. The van der Waals surface area contributed by atoms with Gasteiger partial charge in [0.25, 0.3) is 5.91 Å². The molecule has 0 spiro atoms. The smallest absolute Gasteiger partial charge is 0.273 e. The first-order valence-electron chi connectivity index (χ1n) is 8.01. The number of amides is 1. The zero-order valence-corrected chi connectivity index (χ0v) is 16.6. The maximum absolute atomic E-state index is 12.1. The van der Waals surface area contributed by atoms with Gasteiger partial charge >= 0.3 is 0 Å². The molecule has 0 atom stereocenters. The van der Waals surface area contributed by atoms with Gasteiger partial charge < -0.3 is 15.0 Å². The van der Waals surface area contributed by atoms with Crippen LogP contribution in [-0.2, 0) is 21.1 Å². The minimum Gasteiger partial charge on any atom is -0.398 e. The summed E-state index contributed by atoms with van der Waals surface area (Å²) in [6.45, 7) is 1.90. The van der Waals surface area contributed by atoms with Crippen LogP contribution in [0.15, 0.2) is 52.8 Å². The third kappa shape index (κ3) is 5.45. The highest BCUT2D eigenvalue weighted by molar-refractivity contribution is 6.45. The van der Waals surface area contributed by atoms with Crippen LogP contribution in [0.5, 0.6) is 0 Å². The molecule has 2 rings (SSSR count). The Morgan fingerprint density at radius 1 is 1.11 bits per heavy atom. The number of likely N-dealkylation sites (N-methyl/N-ethyl adjacent to an activating group) is 1. The standard InChI is InChI=1S/C19H19Cl2N3O3/c1-12(16-10-14(20)8-9-17(16)21)23-27-11-13-6-4-5-7-15(13)18(24-26-3)19(25)22-2/h4-10H,11H2,1-3H3,(H,22,25)/b23-12+,24-18+. The summed E-state index contributed by atoms with van der Waals surface area (Å²) in [4.78, 5) is 22.3. The molecule has 0 aliphatic rings. The maximum Gasteiger partial charge on any atom is 0.273 e. The number of hydrogen-bond acceptors (Lipinski definition) is 5. The van der Waals surface area contributed by atoms with E-state index in [9.17, 15) is 4.79 Å². The van der Waals surface area contributed by atoms with E-state index in [4.69, 9.17) is 32.9 Å². The van der Waals surface area contributed by atoms with Crippen molar-refractivity contribution in [3.8, 4) is 0 Å². The molecule has 0 bridgehead atoms. The zero-order valence-electron chi connectivity index (χ0n) is 15.1. The van der Waals surface area contributed by atoms with Crippen LogP contribution in [0.25, 0.3) is 0 Å². The second kappa shape index (κ2) is 9.94. The Labute approximate surface area is 167 Å². The lowest BCUT2D eigenvalue weighted by atomic mass is 10.0. The average molecular weight is 408 g/mol. The lowest BCUT2D eigenvalue weighted by Crippen LogP contribution is -2.29. The van der Waals surface area contributed by atoms with Gasteiger partial charge in [0.1, 0.15) is 13.7 Å². The van der Waals surface area contributed by atoms with E-state index < -0.39 is 0 Å². The van der Waals surface area contributed by atoms with Crippen LogP contribution in [0.3, 0.4) is 0 Å². The van der Waals surface area contributed by atoms with Gasteiger partial charge in [-0.1, -0.05) is 57.8 Å². The Hall–Kier alpha value is -2.57. The molecule has 0 aliphatic carbocycles. The fourth-order valence-electron chi connectivity index (χ4n) is 2.32. The van der Waals surface area contributed by atoms with E-state index in [1.54, 1.807) is 37.3 Å². The molecule has 0 heterocycles. The van der Waals surface area contributed by atoms with Crippen LogP contribution in [0.4, 0.5) is 0 Å². The van der Waals surface area contributed by atoms with Gasteiger partial charge in [-0.3, -0.25) is 4.79 Å². The number of nitrogens with zero attached hydrogens (tertiary/aromatic N) is 2. The fourth-order valence-corrected chi connectivity index (χ4v) is 2.75. The molecule has 0 radical (unpaired) electrons. The fraction of sp³-hybridized carbons (Fsp3) is 0.211. The molecule has 0 aliphatic heterocycles. The molecule has 1 amide bonds. The van der Waals surface area contributed by atoms with E-state index in [0.29, 0.717) is 26.9 Å². The number of carbonyl (C=O) groups is 1. The Bertz CT molecular complexity index is 882. The first kappa shape index (κ1) is 20.7. The van der Waals surface area contributed by atoms with E-state index in [1.807, 2.05) is 12.1 Å². The van der Waals surface area contributed by atoms with Crippen LogP contribution in [0.1, 0.15) is 23.6 Å². The SMILES string of the molecule is CNC(=O)/C(=N/OC)c1ccccc1CO/N=C(\C)c1cc(Cl)ccc1Cl. The molecule has 6 nitrogen and oxygen atoms in total. The summed E-state index contributed by atoms with van der Waals surface area (Å²) in [6.07, 6.45) is 0. The molecule has 2 aromatic carbocycles. The highest BCUT2D eigenvalue weighted by atomic mass is 35.5.